The molecule has 2 rings (SSSR count). The third-order valence-electron chi connectivity index (χ3n) is 2.40. The number of anilines is 1. The number of nitriles is 1. The summed E-state index contributed by atoms with van der Waals surface area (Å²) in [6.45, 7) is 0. The molecule has 0 bridgehead atoms. The Hall–Kier alpha value is -2.39. The van der Waals surface area contributed by atoms with Crippen molar-refractivity contribution in [2.24, 2.45) is 0 Å². The van der Waals surface area contributed by atoms with E-state index in [0.717, 1.165) is 6.07 Å². The van der Waals surface area contributed by atoms with Crippen molar-refractivity contribution in [3.05, 3.63) is 45.9 Å². The molecule has 1 aromatic carbocycles. The van der Waals surface area contributed by atoms with Crippen LogP contribution in [0.2, 0.25) is 0 Å². The Labute approximate surface area is 113 Å². The molecule has 0 saturated heterocycles. The number of rotatable bonds is 3. The van der Waals surface area contributed by atoms with Crippen molar-refractivity contribution in [1.29, 1.82) is 5.26 Å². The number of hydrogen-bond donors (Lipinski definition) is 1. The summed E-state index contributed by atoms with van der Waals surface area (Å²) in [6, 6.07) is 7.22. The summed E-state index contributed by atoms with van der Waals surface area (Å²) < 4.78 is 18.2. The maximum absolute atomic E-state index is 13.1. The van der Waals surface area contributed by atoms with Gasteiger partial charge >= 0.3 is 0 Å². The SMILES string of the molecule is COc1ccsc1C(=O)Nc1ccc(F)c(C#N)c1. The van der Waals surface area contributed by atoms with Crippen LogP contribution in [-0.4, -0.2) is 13.0 Å². The van der Waals surface area contributed by atoms with E-state index in [4.69, 9.17) is 10.00 Å². The standard InChI is InChI=1S/C13H9FN2O2S/c1-18-11-4-5-19-12(11)13(17)16-9-2-3-10(14)8(6-9)7-15/h2-6H,1H3,(H,16,17). The van der Waals surface area contributed by atoms with Gasteiger partial charge < -0.3 is 10.1 Å². The lowest BCUT2D eigenvalue weighted by Gasteiger charge is -2.06. The number of methoxy groups -OCH3 is 1. The van der Waals surface area contributed by atoms with Gasteiger partial charge in [-0.1, -0.05) is 0 Å². The number of thiophene rings is 1. The van der Waals surface area contributed by atoms with Crippen molar-refractivity contribution in [3.63, 3.8) is 0 Å². The van der Waals surface area contributed by atoms with Crippen LogP contribution in [0.5, 0.6) is 5.75 Å². The molecule has 2 aromatic rings. The highest BCUT2D eigenvalue weighted by Gasteiger charge is 2.14. The van der Waals surface area contributed by atoms with Gasteiger partial charge in [-0.3, -0.25) is 4.79 Å². The number of hydrogen-bond acceptors (Lipinski definition) is 4. The van der Waals surface area contributed by atoms with E-state index >= 15 is 0 Å². The number of benzene rings is 1. The number of halogens is 1. The minimum absolute atomic E-state index is 0.115. The Bertz CT molecular complexity index is 661. The van der Waals surface area contributed by atoms with Crippen LogP contribution in [-0.2, 0) is 0 Å². The second kappa shape index (κ2) is 5.50. The van der Waals surface area contributed by atoms with Crippen molar-refractivity contribution in [2.75, 3.05) is 12.4 Å². The molecule has 0 atom stereocenters. The zero-order valence-corrected chi connectivity index (χ0v) is 10.8. The van der Waals surface area contributed by atoms with E-state index in [1.54, 1.807) is 17.5 Å². The molecule has 4 nitrogen and oxygen atoms in total. The zero-order valence-electron chi connectivity index (χ0n) is 9.94. The molecule has 1 amide bonds. The third kappa shape index (κ3) is 2.72. The number of ether oxygens (including phenoxy) is 1. The molecule has 6 heteroatoms. The minimum atomic E-state index is -0.616. The quantitative estimate of drug-likeness (QED) is 0.937. The molecule has 0 fully saturated rings. The van der Waals surface area contributed by atoms with Gasteiger partial charge in [0.05, 0.1) is 12.7 Å². The molecule has 0 radical (unpaired) electrons. The van der Waals surface area contributed by atoms with E-state index in [0.29, 0.717) is 16.3 Å². The average molecular weight is 276 g/mol. The summed E-state index contributed by atoms with van der Waals surface area (Å²) in [5.74, 6) is -0.498. The molecule has 0 aliphatic carbocycles. The van der Waals surface area contributed by atoms with Crippen LogP contribution >= 0.6 is 11.3 Å². The van der Waals surface area contributed by atoms with E-state index < -0.39 is 5.82 Å². The molecule has 0 aliphatic rings. The minimum Gasteiger partial charge on any atom is -0.495 e. The number of amides is 1. The van der Waals surface area contributed by atoms with E-state index in [1.165, 1.54) is 30.6 Å². The molecule has 0 aliphatic heterocycles. The molecule has 0 unspecified atom stereocenters. The van der Waals surface area contributed by atoms with E-state index in [-0.39, 0.29) is 11.5 Å². The average Bonchev–Trinajstić information content (AvgIpc) is 2.89. The summed E-state index contributed by atoms with van der Waals surface area (Å²) in [7, 11) is 1.48. The lowest BCUT2D eigenvalue weighted by Crippen LogP contribution is -2.11. The Balaban J connectivity index is 2.22. The Kier molecular flexibility index (Phi) is 3.78. The first-order valence-electron chi connectivity index (χ1n) is 5.28. The molecule has 1 aromatic heterocycles. The van der Waals surface area contributed by atoms with Gasteiger partial charge in [0, 0.05) is 5.69 Å². The predicted molar refractivity (Wildman–Crippen MR) is 69.9 cm³/mol. The number of carbonyl (C=O) groups is 1. The van der Waals surface area contributed by atoms with Crippen molar-refractivity contribution in [3.8, 4) is 11.8 Å². The summed E-state index contributed by atoms with van der Waals surface area (Å²) in [4.78, 5) is 12.4. The van der Waals surface area contributed by atoms with Gasteiger partial charge in [-0.25, -0.2) is 4.39 Å². The number of carbonyl (C=O) groups excluding carboxylic acids is 1. The molecular weight excluding hydrogens is 267 g/mol. The molecule has 1 N–H and O–H groups in total. The van der Waals surface area contributed by atoms with Gasteiger partial charge in [-0.2, -0.15) is 5.26 Å². The van der Waals surface area contributed by atoms with Gasteiger partial charge in [-0.05, 0) is 29.6 Å². The maximum atomic E-state index is 13.1. The van der Waals surface area contributed by atoms with Crippen molar-refractivity contribution < 1.29 is 13.9 Å². The second-order valence-electron chi connectivity index (χ2n) is 3.58. The van der Waals surface area contributed by atoms with Gasteiger partial charge in [0.25, 0.3) is 5.91 Å². The third-order valence-corrected chi connectivity index (χ3v) is 3.29. The van der Waals surface area contributed by atoms with Gasteiger partial charge in [-0.15, -0.1) is 11.3 Å². The summed E-state index contributed by atoms with van der Waals surface area (Å²) in [5.41, 5.74) is 0.245. The Morgan fingerprint density at radius 1 is 1.47 bits per heavy atom. The van der Waals surface area contributed by atoms with Gasteiger partial charge in [0.15, 0.2) is 0 Å². The number of nitrogens with one attached hydrogen (secondary N) is 1. The molecule has 1 heterocycles. The lowest BCUT2D eigenvalue weighted by molar-refractivity contribution is 0.102. The number of nitrogens with zero attached hydrogens (tertiary/aromatic N) is 1. The fourth-order valence-corrected chi connectivity index (χ4v) is 2.25. The fourth-order valence-electron chi connectivity index (χ4n) is 1.50. The van der Waals surface area contributed by atoms with E-state index in [2.05, 4.69) is 5.32 Å². The first-order valence-corrected chi connectivity index (χ1v) is 6.16. The van der Waals surface area contributed by atoms with Crippen LogP contribution in [0.25, 0.3) is 0 Å². The summed E-state index contributed by atoms with van der Waals surface area (Å²) in [5, 5.41) is 13.1. The van der Waals surface area contributed by atoms with Crippen molar-refractivity contribution >= 4 is 22.9 Å². The van der Waals surface area contributed by atoms with Crippen LogP contribution in [0, 0.1) is 17.1 Å². The zero-order chi connectivity index (χ0) is 13.8. The molecular formula is C13H9FN2O2S. The van der Waals surface area contributed by atoms with Crippen molar-refractivity contribution in [1.82, 2.24) is 0 Å². The fraction of sp³-hybridized carbons (Fsp3) is 0.0769. The van der Waals surface area contributed by atoms with Crippen LogP contribution in [0.1, 0.15) is 15.2 Å². The first kappa shape index (κ1) is 13.1. The highest BCUT2D eigenvalue weighted by atomic mass is 32.1. The van der Waals surface area contributed by atoms with Crippen molar-refractivity contribution in [2.45, 2.75) is 0 Å². The van der Waals surface area contributed by atoms with E-state index in [1.807, 2.05) is 0 Å². The molecule has 0 saturated carbocycles. The van der Waals surface area contributed by atoms with E-state index in [9.17, 15) is 9.18 Å². The summed E-state index contributed by atoms with van der Waals surface area (Å²) in [6.07, 6.45) is 0. The van der Waals surface area contributed by atoms with Crippen LogP contribution in [0.3, 0.4) is 0 Å². The maximum Gasteiger partial charge on any atom is 0.269 e. The van der Waals surface area contributed by atoms with Gasteiger partial charge in [0.1, 0.15) is 22.5 Å². The predicted octanol–water partition coefficient (Wildman–Crippen LogP) is 3.02. The lowest BCUT2D eigenvalue weighted by atomic mass is 10.2. The molecule has 96 valence electrons. The molecule has 0 spiro atoms. The second-order valence-corrected chi connectivity index (χ2v) is 4.49. The monoisotopic (exact) mass is 276 g/mol. The highest BCUT2D eigenvalue weighted by molar-refractivity contribution is 7.12. The highest BCUT2D eigenvalue weighted by Crippen LogP contribution is 2.25. The smallest absolute Gasteiger partial charge is 0.269 e. The molecule has 19 heavy (non-hydrogen) atoms. The van der Waals surface area contributed by atoms with Crippen LogP contribution in [0.4, 0.5) is 10.1 Å². The van der Waals surface area contributed by atoms with Gasteiger partial charge in [0.2, 0.25) is 0 Å². The topological polar surface area (TPSA) is 62.1 Å². The largest absolute Gasteiger partial charge is 0.495 e. The summed E-state index contributed by atoms with van der Waals surface area (Å²) >= 11 is 1.24. The Morgan fingerprint density at radius 2 is 2.26 bits per heavy atom. The van der Waals surface area contributed by atoms with Crippen LogP contribution in [0.15, 0.2) is 29.6 Å². The normalized spacial score (nSPS) is 9.74. The van der Waals surface area contributed by atoms with Crippen LogP contribution < -0.4 is 10.1 Å². The first-order chi connectivity index (χ1) is 9.15. The Morgan fingerprint density at radius 3 is 2.95 bits per heavy atom.